The number of carboxylic acid groups (broad SMARTS) is 1. The van der Waals surface area contributed by atoms with E-state index in [1.807, 2.05) is 38.1 Å². The number of aromatic amines is 1. The Morgan fingerprint density at radius 1 is 1.36 bits per heavy atom. The van der Waals surface area contributed by atoms with E-state index >= 15 is 0 Å². The van der Waals surface area contributed by atoms with E-state index in [1.54, 1.807) is 4.57 Å². The minimum atomic E-state index is -0.866. The minimum Gasteiger partial charge on any atom is -0.480 e. The Hall–Kier alpha value is -2.28. The highest BCUT2D eigenvalue weighted by Crippen LogP contribution is 2.28. The highest BCUT2D eigenvalue weighted by molar-refractivity contribution is 8.00. The molecule has 132 valence electrons. The molecule has 7 heteroatoms. The number of carbonyl (C=O) groups is 1. The molecule has 0 aliphatic rings. The van der Waals surface area contributed by atoms with Gasteiger partial charge in [-0.1, -0.05) is 49.7 Å². The number of aromatic nitrogens is 3. The number of para-hydroxylation sites is 1. The van der Waals surface area contributed by atoms with Gasteiger partial charge in [-0.25, -0.2) is 4.98 Å². The molecule has 3 aromatic rings. The number of aliphatic carboxylic acids is 1. The van der Waals surface area contributed by atoms with Crippen LogP contribution in [0.3, 0.4) is 0 Å². The predicted molar refractivity (Wildman–Crippen MR) is 100 cm³/mol. The molecule has 25 heavy (non-hydrogen) atoms. The van der Waals surface area contributed by atoms with Crippen LogP contribution in [0.1, 0.15) is 33.1 Å². The second-order valence-electron chi connectivity index (χ2n) is 5.92. The fourth-order valence-electron chi connectivity index (χ4n) is 2.89. The molecule has 2 heterocycles. The fraction of sp³-hybridized carbons (Fsp3) is 0.389. The van der Waals surface area contributed by atoms with Gasteiger partial charge in [-0.3, -0.25) is 14.2 Å². The normalized spacial score (nSPS) is 12.7. The van der Waals surface area contributed by atoms with Gasteiger partial charge in [0.05, 0.1) is 0 Å². The lowest BCUT2D eigenvalue weighted by Gasteiger charge is -2.14. The number of fused-ring (bicyclic) bond motifs is 3. The van der Waals surface area contributed by atoms with Gasteiger partial charge in [0.15, 0.2) is 5.16 Å². The molecule has 1 atom stereocenters. The monoisotopic (exact) mass is 359 g/mol. The van der Waals surface area contributed by atoms with Crippen molar-refractivity contribution in [1.82, 2.24) is 14.5 Å². The van der Waals surface area contributed by atoms with Crippen molar-refractivity contribution in [2.24, 2.45) is 0 Å². The molecule has 0 amide bonds. The van der Waals surface area contributed by atoms with Crippen LogP contribution in [0, 0.1) is 0 Å². The Kier molecular flexibility index (Phi) is 5.13. The summed E-state index contributed by atoms with van der Waals surface area (Å²) in [4.78, 5) is 32.2. The predicted octanol–water partition coefficient (Wildman–Crippen LogP) is 3.63. The number of thioether (sulfide) groups is 1. The number of nitrogens with one attached hydrogen (secondary N) is 1. The first kappa shape index (κ1) is 17.5. The van der Waals surface area contributed by atoms with Gasteiger partial charge < -0.3 is 10.1 Å². The molecule has 0 spiro atoms. The van der Waals surface area contributed by atoms with E-state index in [4.69, 9.17) is 0 Å². The van der Waals surface area contributed by atoms with Crippen molar-refractivity contribution in [3.63, 3.8) is 0 Å². The van der Waals surface area contributed by atoms with E-state index in [0.29, 0.717) is 29.2 Å². The van der Waals surface area contributed by atoms with Gasteiger partial charge in [0, 0.05) is 17.4 Å². The maximum Gasteiger partial charge on any atom is 0.317 e. The van der Waals surface area contributed by atoms with Crippen molar-refractivity contribution in [2.45, 2.75) is 50.1 Å². The summed E-state index contributed by atoms with van der Waals surface area (Å²) in [6.07, 6.45) is 2.32. The number of hydrogen-bond acceptors (Lipinski definition) is 4. The first-order valence-electron chi connectivity index (χ1n) is 8.47. The van der Waals surface area contributed by atoms with Gasteiger partial charge in [0.25, 0.3) is 5.56 Å². The van der Waals surface area contributed by atoms with Crippen LogP contribution < -0.4 is 5.56 Å². The van der Waals surface area contributed by atoms with Gasteiger partial charge in [0.2, 0.25) is 0 Å². The SMILES string of the molecule is CCCCC(Sc1nc2c([nH]c3ccccc32)c(=O)n1CC)C(=O)O. The van der Waals surface area contributed by atoms with Crippen molar-refractivity contribution in [2.75, 3.05) is 0 Å². The molecule has 2 aromatic heterocycles. The Labute approximate surface area is 149 Å². The van der Waals surface area contributed by atoms with Gasteiger partial charge in [-0.05, 0) is 19.4 Å². The molecular weight excluding hydrogens is 338 g/mol. The second kappa shape index (κ2) is 7.31. The Bertz CT molecular complexity index is 977. The molecule has 0 saturated heterocycles. The van der Waals surface area contributed by atoms with E-state index in [-0.39, 0.29) is 5.56 Å². The first-order valence-corrected chi connectivity index (χ1v) is 9.35. The third kappa shape index (κ3) is 3.28. The summed E-state index contributed by atoms with van der Waals surface area (Å²) in [7, 11) is 0. The molecule has 0 fully saturated rings. The van der Waals surface area contributed by atoms with Crippen LogP contribution in [-0.4, -0.2) is 30.9 Å². The molecular formula is C18H21N3O3S. The third-order valence-corrected chi connectivity index (χ3v) is 5.48. The number of rotatable bonds is 7. The molecule has 1 aromatic carbocycles. The highest BCUT2D eigenvalue weighted by Gasteiger charge is 2.23. The minimum absolute atomic E-state index is 0.161. The summed E-state index contributed by atoms with van der Waals surface area (Å²) < 4.78 is 1.55. The van der Waals surface area contributed by atoms with E-state index in [9.17, 15) is 14.7 Å². The zero-order valence-corrected chi connectivity index (χ0v) is 15.1. The lowest BCUT2D eigenvalue weighted by molar-refractivity contribution is -0.136. The maximum absolute atomic E-state index is 12.8. The zero-order chi connectivity index (χ0) is 18.0. The van der Waals surface area contributed by atoms with Gasteiger partial charge in [-0.15, -0.1) is 0 Å². The van der Waals surface area contributed by atoms with Crippen molar-refractivity contribution in [3.8, 4) is 0 Å². The topological polar surface area (TPSA) is 88.0 Å². The van der Waals surface area contributed by atoms with Crippen molar-refractivity contribution in [1.29, 1.82) is 0 Å². The maximum atomic E-state index is 12.8. The van der Waals surface area contributed by atoms with Crippen LogP contribution in [0.25, 0.3) is 21.9 Å². The summed E-state index contributed by atoms with van der Waals surface area (Å²) in [5, 5.41) is 10.2. The van der Waals surface area contributed by atoms with E-state index in [1.165, 1.54) is 11.8 Å². The van der Waals surface area contributed by atoms with Crippen molar-refractivity contribution >= 4 is 39.7 Å². The zero-order valence-electron chi connectivity index (χ0n) is 14.3. The van der Waals surface area contributed by atoms with Crippen LogP contribution in [0.2, 0.25) is 0 Å². The van der Waals surface area contributed by atoms with Crippen LogP contribution in [0.5, 0.6) is 0 Å². The molecule has 0 aliphatic heterocycles. The Balaban J connectivity index is 2.14. The fourth-order valence-corrected chi connectivity index (χ4v) is 4.02. The number of unbranched alkanes of at least 4 members (excludes halogenated alkanes) is 1. The lowest BCUT2D eigenvalue weighted by Crippen LogP contribution is -2.25. The molecule has 1 unspecified atom stereocenters. The molecule has 0 bridgehead atoms. The number of nitrogens with zero attached hydrogens (tertiary/aromatic N) is 2. The molecule has 0 radical (unpaired) electrons. The largest absolute Gasteiger partial charge is 0.480 e. The van der Waals surface area contributed by atoms with Crippen LogP contribution in [0.4, 0.5) is 0 Å². The van der Waals surface area contributed by atoms with E-state index in [2.05, 4.69) is 9.97 Å². The lowest BCUT2D eigenvalue weighted by atomic mass is 10.2. The van der Waals surface area contributed by atoms with Crippen LogP contribution in [0.15, 0.2) is 34.2 Å². The highest BCUT2D eigenvalue weighted by atomic mass is 32.2. The van der Waals surface area contributed by atoms with Crippen LogP contribution in [-0.2, 0) is 11.3 Å². The van der Waals surface area contributed by atoms with Gasteiger partial charge >= 0.3 is 5.97 Å². The Morgan fingerprint density at radius 3 is 2.80 bits per heavy atom. The first-order chi connectivity index (χ1) is 12.1. The van der Waals surface area contributed by atoms with Crippen molar-refractivity contribution < 1.29 is 9.90 Å². The summed E-state index contributed by atoms with van der Waals surface area (Å²) in [5.41, 5.74) is 1.76. The number of H-pyrrole nitrogens is 1. The van der Waals surface area contributed by atoms with E-state index in [0.717, 1.165) is 23.7 Å². The Morgan fingerprint density at radius 2 is 2.12 bits per heavy atom. The summed E-state index contributed by atoms with van der Waals surface area (Å²) in [5.74, 6) is -0.866. The summed E-state index contributed by atoms with van der Waals surface area (Å²) >= 11 is 1.17. The second-order valence-corrected chi connectivity index (χ2v) is 7.09. The summed E-state index contributed by atoms with van der Waals surface area (Å²) in [6.45, 7) is 4.34. The van der Waals surface area contributed by atoms with Crippen LogP contribution >= 0.6 is 11.8 Å². The average molecular weight is 359 g/mol. The summed E-state index contributed by atoms with van der Waals surface area (Å²) in [6, 6.07) is 7.62. The molecule has 3 rings (SSSR count). The number of benzene rings is 1. The van der Waals surface area contributed by atoms with Gasteiger partial charge in [-0.2, -0.15) is 0 Å². The smallest absolute Gasteiger partial charge is 0.317 e. The molecule has 6 nitrogen and oxygen atoms in total. The van der Waals surface area contributed by atoms with Crippen molar-refractivity contribution in [3.05, 3.63) is 34.6 Å². The molecule has 0 saturated carbocycles. The molecule has 2 N–H and O–H groups in total. The standard InChI is InChI=1S/C18H21N3O3S/c1-3-5-10-13(17(23)24)25-18-20-14-11-8-6-7-9-12(11)19-15(14)16(22)21(18)4-2/h6-9,13,19H,3-5,10H2,1-2H3,(H,23,24). The number of carboxylic acids is 1. The van der Waals surface area contributed by atoms with E-state index < -0.39 is 11.2 Å². The average Bonchev–Trinajstić information content (AvgIpc) is 2.97. The number of hydrogen-bond donors (Lipinski definition) is 2. The van der Waals surface area contributed by atoms with Gasteiger partial charge in [0.1, 0.15) is 16.3 Å². The third-order valence-electron chi connectivity index (χ3n) is 4.24. The quantitative estimate of drug-likeness (QED) is 0.497. The molecule has 0 aliphatic carbocycles.